The number of hydrogen-bond acceptors (Lipinski definition) is 2. The zero-order valence-electron chi connectivity index (χ0n) is 68.1. The number of nitrogens with zero attached hydrogens (tertiary/aromatic N) is 4. The van der Waals surface area contributed by atoms with E-state index < -0.39 is 166 Å². The molecule has 4 heterocycles. The third-order valence-corrected chi connectivity index (χ3v) is 15.3. The average molecular weight is 1100 g/mol. The van der Waals surface area contributed by atoms with Crippen LogP contribution in [0.3, 0.4) is 0 Å². The molecule has 3 aromatic heterocycles. The summed E-state index contributed by atoms with van der Waals surface area (Å²) in [4.78, 5) is 4.87. The predicted octanol–water partition coefficient (Wildman–Crippen LogP) is 20.2. The Bertz CT molecular complexity index is 5840. The van der Waals surface area contributed by atoms with Gasteiger partial charge in [0.15, 0.2) is 0 Å². The van der Waals surface area contributed by atoms with Crippen molar-refractivity contribution in [3.05, 3.63) is 259 Å². The number of para-hydroxylation sites is 1. The van der Waals surface area contributed by atoms with Crippen LogP contribution in [0.2, 0.25) is 0 Å². The first-order valence-electron chi connectivity index (χ1n) is 37.8. The first-order chi connectivity index (χ1) is 48.8. The Balaban J connectivity index is 1.16. The maximum Gasteiger partial charge on any atom is 0.269 e. The van der Waals surface area contributed by atoms with Gasteiger partial charge in [0.05, 0.1) is 62.2 Å². The molecule has 0 N–H and O–H groups in total. The Morgan fingerprint density at radius 3 is 1.66 bits per heavy atom. The van der Waals surface area contributed by atoms with Gasteiger partial charge >= 0.3 is 0 Å². The van der Waals surface area contributed by atoms with Gasteiger partial charge in [-0.25, -0.2) is 4.98 Å². The molecule has 0 aliphatic carbocycles. The molecule has 14 rings (SSSR count). The fourth-order valence-corrected chi connectivity index (χ4v) is 11.1. The van der Waals surface area contributed by atoms with E-state index in [0.29, 0.717) is 34.3 Å². The van der Waals surface area contributed by atoms with Crippen molar-refractivity contribution in [3.63, 3.8) is 0 Å². The lowest BCUT2D eigenvalue weighted by Crippen LogP contribution is -2.35. The first kappa shape index (κ1) is 33.4. The molecule has 10 aromatic carbocycles. The molecule has 1 aliphatic heterocycles. The number of benzene rings is 10. The lowest BCUT2D eigenvalue weighted by molar-refractivity contribution is -0.572. The molecule has 0 amide bonds. The summed E-state index contributed by atoms with van der Waals surface area (Å²) in [7, 11) is 0. The maximum absolute atomic E-state index is 10.4. The molecule has 5 nitrogen and oxygen atoms in total. The molecular weight excluding hydrogens is 1010 g/mol. The van der Waals surface area contributed by atoms with Crippen LogP contribution in [0.15, 0.2) is 236 Å². The minimum absolute atomic E-state index is 0.0996. The second-order valence-corrected chi connectivity index (χ2v) is 23.9. The van der Waals surface area contributed by atoms with Crippen molar-refractivity contribution in [1.29, 1.82) is 0 Å². The third kappa shape index (κ3) is 9.12. The molecule has 5 heteroatoms. The van der Waals surface area contributed by atoms with E-state index in [0.717, 1.165) is 32.9 Å². The molecule has 0 bridgehead atoms. The number of aromatic nitrogens is 4. The van der Waals surface area contributed by atoms with E-state index in [-0.39, 0.29) is 55.4 Å². The second kappa shape index (κ2) is 19.6. The highest BCUT2D eigenvalue weighted by molar-refractivity contribution is 6.09. The van der Waals surface area contributed by atoms with Crippen molar-refractivity contribution in [2.75, 3.05) is 0 Å². The van der Waals surface area contributed by atoms with Gasteiger partial charge in [0, 0.05) is 23.0 Å². The molecule has 0 radical (unpaired) electrons. The standard InChI is InChI=1S/C78H66N4O/c1-76(2,3)56-37-38-79-73(46-56)82-70-34-21-20-33-65(70)66-36-35-60(48-71(66)82)83-59-28-22-27-58(47-59)80-49-81-74-68(44-57(77(4,5)6)45-69(74)78(7,8)9)64-32-19-17-30-62(64)61-29-16-18-31-63(61)67-42-55(43-72(80)75(67)81)54-40-52(50-23-12-10-13-24-50)39-53(41-54)51-25-14-11-15-26-51/h10-48H,1-9H3/i10D,11D,12D,13D,14D,15D,16D,17D,18D,19D,23D,24D,25D,26D,29D,30D,31D,32D,39D,40D,41D. The summed E-state index contributed by atoms with van der Waals surface area (Å²) in [6.45, 7) is 18.3. The summed E-state index contributed by atoms with van der Waals surface area (Å²) in [6.07, 6.45) is 5.42. The number of ether oxygens (including phenoxy) is 1. The van der Waals surface area contributed by atoms with Crippen LogP contribution in [0.5, 0.6) is 11.5 Å². The number of rotatable bonds is 7. The average Bonchev–Trinajstić information content (AvgIpc) is 1.40. The van der Waals surface area contributed by atoms with Gasteiger partial charge in [-0.05, 0) is 172 Å². The van der Waals surface area contributed by atoms with E-state index in [2.05, 4.69) is 37.7 Å². The Labute approximate surface area is 516 Å². The molecular formula is C78H66N4O. The Hall–Kier alpha value is -9.58. The highest BCUT2D eigenvalue weighted by Gasteiger charge is 2.32. The minimum atomic E-state index is -0.905. The van der Waals surface area contributed by atoms with Crippen LogP contribution in [-0.4, -0.2) is 14.1 Å². The summed E-state index contributed by atoms with van der Waals surface area (Å²) in [6, 6.07) is 14.9. The largest absolute Gasteiger partial charge is 0.458 e. The van der Waals surface area contributed by atoms with Gasteiger partial charge in [-0.1, -0.05) is 214 Å². The smallest absolute Gasteiger partial charge is 0.269 e. The zero-order chi connectivity index (χ0) is 75.2. The molecule has 0 fully saturated rings. The minimum Gasteiger partial charge on any atom is -0.458 e. The Morgan fingerprint density at radius 1 is 0.446 bits per heavy atom. The monoisotopic (exact) mass is 1100 g/mol. The maximum atomic E-state index is 10.4. The van der Waals surface area contributed by atoms with Crippen LogP contribution in [0, 0.1) is 6.33 Å². The van der Waals surface area contributed by atoms with Crippen molar-refractivity contribution < 1.29 is 38.1 Å². The molecule has 0 saturated heterocycles. The summed E-state index contributed by atoms with van der Waals surface area (Å²) in [5, 5.41) is 1.91. The van der Waals surface area contributed by atoms with E-state index in [1.807, 2.05) is 102 Å². The molecule has 0 spiro atoms. The van der Waals surface area contributed by atoms with Gasteiger partial charge in [-0.15, -0.1) is 0 Å². The van der Waals surface area contributed by atoms with Crippen LogP contribution < -0.4 is 9.30 Å². The highest BCUT2D eigenvalue weighted by atomic mass is 16.5. The van der Waals surface area contributed by atoms with Gasteiger partial charge in [-0.2, -0.15) is 0 Å². The van der Waals surface area contributed by atoms with E-state index >= 15 is 0 Å². The third-order valence-electron chi connectivity index (χ3n) is 15.3. The van der Waals surface area contributed by atoms with Crippen molar-refractivity contribution in [3.8, 4) is 95.5 Å². The number of pyridine rings is 1. The second-order valence-electron chi connectivity index (χ2n) is 23.9. The quantitative estimate of drug-likeness (QED) is 0.118. The van der Waals surface area contributed by atoms with Gasteiger partial charge in [0.25, 0.3) is 6.33 Å². The van der Waals surface area contributed by atoms with Gasteiger partial charge in [-0.3, -0.25) is 13.7 Å². The molecule has 404 valence electrons. The number of hydrogen-bond donors (Lipinski definition) is 0. The summed E-state index contributed by atoms with van der Waals surface area (Å²) < 4.78 is 210. The SMILES string of the molecule is [2H]c1c([2H])c([2H])c(-c2c([2H])c(-c3cc4c5c(c3)n(-c3cccc(Oc6ccc7c8ccccc8n(-c8cc(C(C)(C)C)ccn8)c7c6)c3)[c-][n+]5-c3c(cc(C(C)(C)C)cc3C(C)(C)C)-c3c([2H])c([2H])c([2H])c([2H])c3-c3c([2H])c([2H])c([2H])c([2H])c3-4)c([2H])c(-c3c([2H])c([2H])c([2H])c([2H])c3[2H])c2[2H])c([2H])c1[2H]. The highest BCUT2D eigenvalue weighted by Crippen LogP contribution is 2.48. The van der Waals surface area contributed by atoms with Crippen LogP contribution in [0.1, 0.15) is 108 Å². The van der Waals surface area contributed by atoms with Gasteiger partial charge < -0.3 is 4.74 Å². The number of fused-ring (bicyclic) bond motifs is 10. The van der Waals surface area contributed by atoms with E-state index in [4.69, 9.17) is 17.9 Å². The van der Waals surface area contributed by atoms with Crippen molar-refractivity contribution in [2.45, 2.75) is 78.6 Å². The van der Waals surface area contributed by atoms with Gasteiger partial charge in [0.2, 0.25) is 0 Å². The predicted molar refractivity (Wildman–Crippen MR) is 345 cm³/mol. The van der Waals surface area contributed by atoms with Crippen LogP contribution in [0.25, 0.3) is 117 Å². The van der Waals surface area contributed by atoms with E-state index in [1.165, 1.54) is 12.1 Å². The molecule has 0 saturated carbocycles. The van der Waals surface area contributed by atoms with Crippen molar-refractivity contribution >= 4 is 32.8 Å². The molecule has 83 heavy (non-hydrogen) atoms. The molecule has 0 atom stereocenters. The summed E-state index contributed by atoms with van der Waals surface area (Å²) in [5.41, 5.74) is -1.20. The van der Waals surface area contributed by atoms with Crippen LogP contribution in [0.4, 0.5) is 0 Å². The van der Waals surface area contributed by atoms with Crippen LogP contribution in [-0.2, 0) is 16.2 Å². The zero-order valence-corrected chi connectivity index (χ0v) is 47.1. The van der Waals surface area contributed by atoms with Crippen LogP contribution >= 0.6 is 0 Å². The summed E-state index contributed by atoms with van der Waals surface area (Å²) in [5.74, 6) is 1.42. The van der Waals surface area contributed by atoms with Crippen molar-refractivity contribution in [2.24, 2.45) is 0 Å². The normalized spacial score (nSPS) is 15.9. The number of imidazole rings is 1. The molecule has 0 unspecified atom stereocenters. The fraction of sp³-hybridized carbons (Fsp3) is 0.154. The lowest BCUT2D eigenvalue weighted by atomic mass is 9.77. The Morgan fingerprint density at radius 2 is 1.02 bits per heavy atom. The summed E-state index contributed by atoms with van der Waals surface area (Å²) >= 11 is 0. The fourth-order valence-electron chi connectivity index (χ4n) is 11.1. The molecule has 13 aromatic rings. The molecule has 1 aliphatic rings. The van der Waals surface area contributed by atoms with Gasteiger partial charge in [0.1, 0.15) is 17.3 Å². The lowest BCUT2D eigenvalue weighted by Gasteiger charge is -2.30. The van der Waals surface area contributed by atoms with E-state index in [1.54, 1.807) is 39.6 Å². The Kier molecular flexibility index (Phi) is 7.86. The topological polar surface area (TPSA) is 35.9 Å². The first-order valence-corrected chi connectivity index (χ1v) is 27.3. The van der Waals surface area contributed by atoms with Crippen molar-refractivity contribution in [1.82, 2.24) is 14.1 Å². The van der Waals surface area contributed by atoms with E-state index in [9.17, 15) is 20.6 Å².